The Morgan fingerprint density at radius 3 is 2.19 bits per heavy atom. The molecule has 2 aromatic carbocycles. The van der Waals surface area contributed by atoms with Crippen molar-refractivity contribution in [3.8, 4) is 0 Å². The van der Waals surface area contributed by atoms with Crippen molar-refractivity contribution in [1.82, 2.24) is 9.62 Å². The molecule has 27 heavy (non-hydrogen) atoms. The van der Waals surface area contributed by atoms with E-state index in [1.165, 1.54) is 17.0 Å². The second-order valence-electron chi connectivity index (χ2n) is 6.46. The van der Waals surface area contributed by atoms with Crippen molar-refractivity contribution in [3.63, 3.8) is 0 Å². The van der Waals surface area contributed by atoms with Gasteiger partial charge in [-0.1, -0.05) is 48.5 Å². The highest BCUT2D eigenvalue weighted by Gasteiger charge is 2.39. The molecular formula is C19H21N3O4S. The molecule has 2 atom stereocenters. The Balaban J connectivity index is 1.68. The average Bonchev–Trinajstić information content (AvgIpc) is 3.13. The summed E-state index contributed by atoms with van der Waals surface area (Å²) in [5, 5.41) is 0. The zero-order valence-electron chi connectivity index (χ0n) is 14.6. The third kappa shape index (κ3) is 4.35. The highest BCUT2D eigenvalue weighted by atomic mass is 32.2. The van der Waals surface area contributed by atoms with E-state index in [-0.39, 0.29) is 29.8 Å². The van der Waals surface area contributed by atoms with Gasteiger partial charge >= 0.3 is 0 Å². The molecule has 2 amide bonds. The molecule has 142 valence electrons. The zero-order chi connectivity index (χ0) is 19.4. The number of hydrogen-bond acceptors (Lipinski definition) is 4. The quantitative estimate of drug-likeness (QED) is 0.760. The minimum Gasteiger partial charge on any atom is -0.369 e. The van der Waals surface area contributed by atoms with E-state index in [1.54, 1.807) is 18.2 Å². The van der Waals surface area contributed by atoms with Crippen molar-refractivity contribution in [2.75, 3.05) is 19.6 Å². The molecule has 0 saturated carbocycles. The summed E-state index contributed by atoms with van der Waals surface area (Å²) in [7, 11) is -3.77. The first-order valence-corrected chi connectivity index (χ1v) is 10.0. The molecule has 1 saturated heterocycles. The number of hydrogen-bond donors (Lipinski definition) is 2. The Morgan fingerprint density at radius 1 is 1.00 bits per heavy atom. The van der Waals surface area contributed by atoms with Gasteiger partial charge in [-0.3, -0.25) is 9.59 Å². The topological polar surface area (TPSA) is 110 Å². The number of nitrogens with two attached hydrogens (primary N) is 1. The highest BCUT2D eigenvalue weighted by molar-refractivity contribution is 7.89. The summed E-state index contributed by atoms with van der Waals surface area (Å²) >= 11 is 0. The van der Waals surface area contributed by atoms with Gasteiger partial charge in [-0.25, -0.2) is 13.1 Å². The van der Waals surface area contributed by atoms with E-state index in [2.05, 4.69) is 4.72 Å². The molecule has 1 aliphatic heterocycles. The molecule has 1 heterocycles. The molecule has 0 bridgehead atoms. The fraction of sp³-hybridized carbons (Fsp3) is 0.263. The third-order valence-electron chi connectivity index (χ3n) is 4.73. The SMILES string of the molecule is NC(=O)[C@@H]1CN(C(=O)CNS(=O)(=O)c2ccccc2)C[C@H]1c1ccccc1. The molecule has 0 aliphatic carbocycles. The Hall–Kier alpha value is -2.71. The molecule has 2 aromatic rings. The molecule has 1 fully saturated rings. The van der Waals surface area contributed by atoms with Crippen LogP contribution >= 0.6 is 0 Å². The van der Waals surface area contributed by atoms with E-state index in [0.29, 0.717) is 6.54 Å². The zero-order valence-corrected chi connectivity index (χ0v) is 15.4. The summed E-state index contributed by atoms with van der Waals surface area (Å²) in [6.45, 7) is 0.133. The van der Waals surface area contributed by atoms with Crippen molar-refractivity contribution in [3.05, 3.63) is 66.2 Å². The molecule has 1 aliphatic rings. The molecule has 0 unspecified atom stereocenters. The second-order valence-corrected chi connectivity index (χ2v) is 8.23. The van der Waals surface area contributed by atoms with Crippen molar-refractivity contribution < 1.29 is 18.0 Å². The number of likely N-dealkylation sites (tertiary alicyclic amines) is 1. The first-order chi connectivity index (χ1) is 12.9. The number of primary amides is 1. The van der Waals surface area contributed by atoms with Crippen molar-refractivity contribution in [1.29, 1.82) is 0 Å². The summed E-state index contributed by atoms with van der Waals surface area (Å²) in [5.74, 6) is -1.55. The number of carbonyl (C=O) groups is 2. The number of nitrogens with zero attached hydrogens (tertiary/aromatic N) is 1. The van der Waals surface area contributed by atoms with Crippen LogP contribution in [0, 0.1) is 5.92 Å². The van der Waals surface area contributed by atoms with Gasteiger partial charge in [-0.2, -0.15) is 0 Å². The molecule has 7 nitrogen and oxygen atoms in total. The number of amides is 2. The van der Waals surface area contributed by atoms with Crippen LogP contribution in [0.5, 0.6) is 0 Å². The van der Waals surface area contributed by atoms with E-state index < -0.39 is 21.8 Å². The smallest absolute Gasteiger partial charge is 0.241 e. The van der Waals surface area contributed by atoms with E-state index in [9.17, 15) is 18.0 Å². The van der Waals surface area contributed by atoms with Gasteiger partial charge in [0, 0.05) is 19.0 Å². The lowest BCUT2D eigenvalue weighted by molar-refractivity contribution is -0.129. The van der Waals surface area contributed by atoms with Crippen LogP contribution in [-0.2, 0) is 19.6 Å². The Bertz CT molecular complexity index is 916. The van der Waals surface area contributed by atoms with Crippen LogP contribution in [0.3, 0.4) is 0 Å². The van der Waals surface area contributed by atoms with Crippen molar-refractivity contribution in [2.45, 2.75) is 10.8 Å². The molecule has 0 aromatic heterocycles. The minimum atomic E-state index is -3.77. The predicted molar refractivity (Wildman–Crippen MR) is 100 cm³/mol. The maximum absolute atomic E-state index is 12.5. The van der Waals surface area contributed by atoms with Crippen LogP contribution in [0.2, 0.25) is 0 Å². The monoisotopic (exact) mass is 387 g/mol. The Morgan fingerprint density at radius 2 is 1.59 bits per heavy atom. The summed E-state index contributed by atoms with van der Waals surface area (Å²) in [6, 6.07) is 17.2. The van der Waals surface area contributed by atoms with Gasteiger partial charge in [0.15, 0.2) is 0 Å². The molecule has 0 spiro atoms. The van der Waals surface area contributed by atoms with Gasteiger partial charge in [0.25, 0.3) is 0 Å². The second kappa shape index (κ2) is 7.89. The highest BCUT2D eigenvalue weighted by Crippen LogP contribution is 2.32. The predicted octanol–water partition coefficient (Wildman–Crippen LogP) is 0.692. The van der Waals surface area contributed by atoms with Crippen LogP contribution < -0.4 is 10.5 Å². The van der Waals surface area contributed by atoms with Gasteiger partial charge in [-0.15, -0.1) is 0 Å². The van der Waals surface area contributed by atoms with Crippen LogP contribution in [0.25, 0.3) is 0 Å². The molecule has 8 heteroatoms. The van der Waals surface area contributed by atoms with E-state index >= 15 is 0 Å². The fourth-order valence-corrected chi connectivity index (χ4v) is 4.28. The van der Waals surface area contributed by atoms with Crippen LogP contribution in [0.4, 0.5) is 0 Å². The maximum Gasteiger partial charge on any atom is 0.241 e. The van der Waals surface area contributed by atoms with Crippen LogP contribution in [0.1, 0.15) is 11.5 Å². The first-order valence-electron chi connectivity index (χ1n) is 8.55. The minimum absolute atomic E-state index is 0.0939. The standard InChI is InChI=1S/C19H21N3O4S/c20-19(24)17-13-22(12-16(17)14-7-3-1-4-8-14)18(23)11-21-27(25,26)15-9-5-2-6-10-15/h1-10,16-17,21H,11-13H2,(H2,20,24)/t16-,17+/m0/s1. The third-order valence-corrected chi connectivity index (χ3v) is 6.15. The lowest BCUT2D eigenvalue weighted by atomic mass is 9.89. The van der Waals surface area contributed by atoms with Crippen LogP contribution in [-0.4, -0.2) is 44.8 Å². The fourth-order valence-electron chi connectivity index (χ4n) is 3.29. The summed E-state index contributed by atoms with van der Waals surface area (Å²) in [4.78, 5) is 25.9. The van der Waals surface area contributed by atoms with E-state index in [0.717, 1.165) is 5.56 Å². The molecular weight excluding hydrogens is 366 g/mol. The van der Waals surface area contributed by atoms with Gasteiger partial charge in [-0.05, 0) is 17.7 Å². The normalized spacial score (nSPS) is 19.8. The van der Waals surface area contributed by atoms with Gasteiger partial charge in [0.1, 0.15) is 0 Å². The largest absolute Gasteiger partial charge is 0.369 e. The molecule has 3 N–H and O–H groups in total. The van der Waals surface area contributed by atoms with Crippen molar-refractivity contribution >= 4 is 21.8 Å². The number of nitrogens with one attached hydrogen (secondary N) is 1. The van der Waals surface area contributed by atoms with Crippen LogP contribution in [0.15, 0.2) is 65.6 Å². The van der Waals surface area contributed by atoms with Gasteiger partial charge in [0.2, 0.25) is 21.8 Å². The number of carbonyl (C=O) groups excluding carboxylic acids is 2. The van der Waals surface area contributed by atoms with E-state index in [1.807, 2.05) is 30.3 Å². The first kappa shape index (κ1) is 19.1. The van der Waals surface area contributed by atoms with E-state index in [4.69, 9.17) is 5.73 Å². The number of sulfonamides is 1. The number of benzene rings is 2. The lowest BCUT2D eigenvalue weighted by Crippen LogP contribution is -2.39. The molecule has 3 rings (SSSR count). The Labute approximate surface area is 158 Å². The lowest BCUT2D eigenvalue weighted by Gasteiger charge is -2.17. The summed E-state index contributed by atoms with van der Waals surface area (Å²) in [6.07, 6.45) is 0. The average molecular weight is 387 g/mol. The maximum atomic E-state index is 12.5. The number of rotatable bonds is 6. The van der Waals surface area contributed by atoms with Crippen molar-refractivity contribution in [2.24, 2.45) is 11.7 Å². The Kier molecular flexibility index (Phi) is 5.57. The molecule has 0 radical (unpaired) electrons. The summed E-state index contributed by atoms with van der Waals surface area (Å²) in [5.41, 5.74) is 6.45. The van der Waals surface area contributed by atoms with Gasteiger partial charge in [0.05, 0.1) is 17.4 Å². The van der Waals surface area contributed by atoms with Gasteiger partial charge < -0.3 is 10.6 Å². The summed E-state index contributed by atoms with van der Waals surface area (Å²) < 4.78 is 26.8.